The number of hydrogen-bond acceptors (Lipinski definition) is 3. The predicted molar refractivity (Wildman–Crippen MR) is 48.1 cm³/mol. The van der Waals surface area contributed by atoms with Gasteiger partial charge in [-0.15, -0.1) is 11.3 Å². The van der Waals surface area contributed by atoms with Gasteiger partial charge in [0.05, 0.1) is 5.69 Å². The van der Waals surface area contributed by atoms with Crippen molar-refractivity contribution < 1.29 is 0 Å². The molecule has 1 heterocycles. The number of rotatable bonds is 2. The summed E-state index contributed by atoms with van der Waals surface area (Å²) < 4.78 is 0. The maximum Gasteiger partial charge on any atom is 0.112 e. The van der Waals surface area contributed by atoms with Gasteiger partial charge in [-0.1, -0.05) is 0 Å². The maximum absolute atomic E-state index is 3.12. The van der Waals surface area contributed by atoms with Crippen molar-refractivity contribution in [2.75, 3.05) is 24.7 Å². The molecule has 0 aromatic carbocycles. The Morgan fingerprint density at radius 2 is 2.00 bits per heavy atom. The van der Waals surface area contributed by atoms with Crippen LogP contribution < -0.4 is 10.6 Å². The lowest BCUT2D eigenvalue weighted by molar-refractivity contribution is 1.50. The van der Waals surface area contributed by atoms with E-state index < -0.39 is 0 Å². The quantitative estimate of drug-likeness (QED) is 0.685. The molecule has 2 nitrogen and oxygen atoms in total. The number of hydrogen-bond donors (Lipinski definition) is 2. The Bertz CT molecular complexity index is 196. The summed E-state index contributed by atoms with van der Waals surface area (Å²) in [6.45, 7) is 2.10. The van der Waals surface area contributed by atoms with Crippen LogP contribution in [0.3, 0.4) is 0 Å². The van der Waals surface area contributed by atoms with E-state index in [1.807, 2.05) is 14.1 Å². The van der Waals surface area contributed by atoms with E-state index in [1.54, 1.807) is 11.3 Å². The smallest absolute Gasteiger partial charge is 0.112 e. The number of aryl methyl sites for hydroxylation is 1. The summed E-state index contributed by atoms with van der Waals surface area (Å²) in [6.07, 6.45) is 0. The van der Waals surface area contributed by atoms with Crippen molar-refractivity contribution in [2.24, 2.45) is 0 Å². The van der Waals surface area contributed by atoms with Gasteiger partial charge in [0.15, 0.2) is 0 Å². The van der Waals surface area contributed by atoms with Gasteiger partial charge in [-0.05, 0) is 13.0 Å². The van der Waals surface area contributed by atoms with Crippen LogP contribution in [0.1, 0.15) is 4.88 Å². The fraction of sp³-hybridized carbons (Fsp3) is 0.429. The van der Waals surface area contributed by atoms with Crippen molar-refractivity contribution in [1.82, 2.24) is 0 Å². The molecule has 0 radical (unpaired) electrons. The average molecular weight is 156 g/mol. The highest BCUT2D eigenvalue weighted by molar-refractivity contribution is 7.16. The normalized spacial score (nSPS) is 9.50. The second-order valence-corrected chi connectivity index (χ2v) is 3.36. The molecule has 0 aliphatic rings. The van der Waals surface area contributed by atoms with Gasteiger partial charge in [0, 0.05) is 19.0 Å². The summed E-state index contributed by atoms with van der Waals surface area (Å²) >= 11 is 1.77. The molecule has 0 aliphatic carbocycles. The van der Waals surface area contributed by atoms with E-state index in [0.717, 1.165) is 0 Å². The fourth-order valence-electron chi connectivity index (χ4n) is 0.886. The van der Waals surface area contributed by atoms with E-state index in [2.05, 4.69) is 23.6 Å². The van der Waals surface area contributed by atoms with Crippen LogP contribution in [0.2, 0.25) is 0 Å². The monoisotopic (exact) mass is 156 g/mol. The predicted octanol–water partition coefficient (Wildman–Crippen LogP) is 2.14. The van der Waals surface area contributed by atoms with Gasteiger partial charge in [-0.3, -0.25) is 0 Å². The summed E-state index contributed by atoms with van der Waals surface area (Å²) in [5.74, 6) is 0. The third kappa shape index (κ3) is 1.24. The van der Waals surface area contributed by atoms with Crippen LogP contribution in [-0.2, 0) is 0 Å². The van der Waals surface area contributed by atoms with Crippen molar-refractivity contribution in [3.63, 3.8) is 0 Å². The Kier molecular flexibility index (Phi) is 2.17. The summed E-state index contributed by atoms with van der Waals surface area (Å²) in [5, 5.41) is 7.45. The highest BCUT2D eigenvalue weighted by Gasteiger charge is 2.01. The van der Waals surface area contributed by atoms with Crippen LogP contribution in [0.5, 0.6) is 0 Å². The van der Waals surface area contributed by atoms with Crippen LogP contribution in [-0.4, -0.2) is 14.1 Å². The van der Waals surface area contributed by atoms with Gasteiger partial charge in [0.2, 0.25) is 0 Å². The summed E-state index contributed by atoms with van der Waals surface area (Å²) in [5.41, 5.74) is 1.19. The summed E-state index contributed by atoms with van der Waals surface area (Å²) in [7, 11) is 3.87. The molecule has 0 saturated carbocycles. The molecule has 0 bridgehead atoms. The first kappa shape index (κ1) is 7.41. The Balaban J connectivity index is 2.96. The van der Waals surface area contributed by atoms with Crippen molar-refractivity contribution in [3.05, 3.63) is 10.9 Å². The van der Waals surface area contributed by atoms with E-state index in [9.17, 15) is 0 Å². The Labute approximate surface area is 65.3 Å². The highest BCUT2D eigenvalue weighted by Crippen LogP contribution is 2.30. The largest absolute Gasteiger partial charge is 0.386 e. The molecular weight excluding hydrogens is 144 g/mol. The van der Waals surface area contributed by atoms with E-state index >= 15 is 0 Å². The second-order valence-electron chi connectivity index (χ2n) is 2.10. The molecule has 3 heteroatoms. The third-order valence-electron chi connectivity index (χ3n) is 1.35. The molecule has 1 rings (SSSR count). The molecule has 0 fully saturated rings. The first-order valence-electron chi connectivity index (χ1n) is 3.24. The van der Waals surface area contributed by atoms with Crippen molar-refractivity contribution in [1.29, 1.82) is 0 Å². The lowest BCUT2D eigenvalue weighted by Gasteiger charge is -1.98. The minimum Gasteiger partial charge on any atom is -0.386 e. The average Bonchev–Trinajstić information content (AvgIpc) is 2.30. The fourth-order valence-corrected chi connectivity index (χ4v) is 1.76. The topological polar surface area (TPSA) is 24.1 Å². The van der Waals surface area contributed by atoms with Crippen LogP contribution in [0.25, 0.3) is 0 Å². The van der Waals surface area contributed by atoms with Gasteiger partial charge >= 0.3 is 0 Å². The Morgan fingerprint density at radius 1 is 1.30 bits per heavy atom. The molecule has 0 saturated heterocycles. The minimum atomic E-state index is 1.19. The second kappa shape index (κ2) is 2.92. The zero-order valence-electron chi connectivity index (χ0n) is 6.49. The maximum atomic E-state index is 3.12. The first-order chi connectivity index (χ1) is 4.77. The van der Waals surface area contributed by atoms with Crippen LogP contribution in [0, 0.1) is 6.92 Å². The molecule has 56 valence electrons. The summed E-state index contributed by atoms with van der Waals surface area (Å²) in [6, 6.07) is 2.14. The SMILES string of the molecule is CNc1cc(C)sc1NC. The van der Waals surface area contributed by atoms with E-state index in [1.165, 1.54) is 15.6 Å². The lowest BCUT2D eigenvalue weighted by atomic mass is 10.4. The Hall–Kier alpha value is -0.700. The molecule has 0 aliphatic heterocycles. The standard InChI is InChI=1S/C7H12N2S/c1-5-4-6(8-2)7(9-3)10-5/h4,8-9H,1-3H3. The van der Waals surface area contributed by atoms with Gasteiger partial charge in [-0.25, -0.2) is 0 Å². The number of anilines is 2. The lowest BCUT2D eigenvalue weighted by Crippen LogP contribution is -1.90. The van der Waals surface area contributed by atoms with Crippen molar-refractivity contribution in [3.8, 4) is 0 Å². The zero-order chi connectivity index (χ0) is 7.56. The number of thiophene rings is 1. The van der Waals surface area contributed by atoms with Gasteiger partial charge in [0.25, 0.3) is 0 Å². The molecule has 0 unspecified atom stereocenters. The van der Waals surface area contributed by atoms with Crippen LogP contribution >= 0.6 is 11.3 Å². The molecule has 0 atom stereocenters. The van der Waals surface area contributed by atoms with Gasteiger partial charge in [-0.2, -0.15) is 0 Å². The zero-order valence-corrected chi connectivity index (χ0v) is 7.30. The van der Waals surface area contributed by atoms with E-state index in [-0.39, 0.29) is 0 Å². The molecule has 0 spiro atoms. The first-order valence-corrected chi connectivity index (χ1v) is 4.05. The third-order valence-corrected chi connectivity index (χ3v) is 2.42. The van der Waals surface area contributed by atoms with Crippen LogP contribution in [0.15, 0.2) is 6.07 Å². The van der Waals surface area contributed by atoms with Crippen molar-refractivity contribution >= 4 is 22.0 Å². The highest BCUT2D eigenvalue weighted by atomic mass is 32.1. The minimum absolute atomic E-state index is 1.19. The molecule has 1 aromatic heterocycles. The summed E-state index contributed by atoms with van der Waals surface area (Å²) in [4.78, 5) is 1.33. The van der Waals surface area contributed by atoms with Gasteiger partial charge < -0.3 is 10.6 Å². The van der Waals surface area contributed by atoms with Gasteiger partial charge in [0.1, 0.15) is 5.00 Å². The van der Waals surface area contributed by atoms with E-state index in [0.29, 0.717) is 0 Å². The number of nitrogens with one attached hydrogen (secondary N) is 2. The van der Waals surface area contributed by atoms with Crippen molar-refractivity contribution in [2.45, 2.75) is 6.92 Å². The molecule has 0 amide bonds. The molecule has 10 heavy (non-hydrogen) atoms. The van der Waals surface area contributed by atoms with Crippen LogP contribution in [0.4, 0.5) is 10.7 Å². The molecule has 2 N–H and O–H groups in total. The molecular formula is C7H12N2S. The Morgan fingerprint density at radius 3 is 2.40 bits per heavy atom. The van der Waals surface area contributed by atoms with E-state index in [4.69, 9.17) is 0 Å². The molecule has 1 aromatic rings.